The first kappa shape index (κ1) is 21.1. The number of amides is 1. The SMILES string of the molecule is O=C1NCc2c(-c3ccc(CO)cc3)ccc(-c3cc4cc(CN5CCCCC5)ccc4[nH]3)c21. The molecule has 3 aromatic carbocycles. The van der Waals surface area contributed by atoms with Gasteiger partial charge in [0.15, 0.2) is 0 Å². The molecule has 1 fully saturated rings. The van der Waals surface area contributed by atoms with Crippen LogP contribution >= 0.6 is 0 Å². The van der Waals surface area contributed by atoms with Crippen molar-refractivity contribution in [2.45, 2.75) is 39.0 Å². The highest BCUT2D eigenvalue weighted by Crippen LogP contribution is 2.37. The molecule has 2 aliphatic heterocycles. The van der Waals surface area contributed by atoms with Crippen LogP contribution in [-0.2, 0) is 19.7 Å². The second-order valence-electron chi connectivity index (χ2n) is 9.49. The number of fused-ring (bicyclic) bond motifs is 2. The highest BCUT2D eigenvalue weighted by Gasteiger charge is 2.27. The van der Waals surface area contributed by atoms with Crippen LogP contribution in [0.4, 0.5) is 0 Å². The molecule has 4 aromatic rings. The number of nitrogens with zero attached hydrogens (tertiary/aromatic N) is 1. The van der Waals surface area contributed by atoms with Gasteiger partial charge in [-0.1, -0.05) is 48.9 Å². The van der Waals surface area contributed by atoms with Crippen molar-refractivity contribution in [3.63, 3.8) is 0 Å². The number of hydrogen-bond donors (Lipinski definition) is 3. The maximum absolute atomic E-state index is 12.9. The van der Waals surface area contributed by atoms with Crippen molar-refractivity contribution in [3.05, 3.63) is 82.9 Å². The number of benzene rings is 3. The largest absolute Gasteiger partial charge is 0.392 e. The van der Waals surface area contributed by atoms with Gasteiger partial charge < -0.3 is 15.4 Å². The number of aromatic amines is 1. The topological polar surface area (TPSA) is 68.4 Å². The molecule has 2 aliphatic rings. The first-order valence-corrected chi connectivity index (χ1v) is 12.2. The Morgan fingerprint density at radius 1 is 0.853 bits per heavy atom. The van der Waals surface area contributed by atoms with E-state index in [1.54, 1.807) is 0 Å². The van der Waals surface area contributed by atoms with E-state index in [9.17, 15) is 9.90 Å². The first-order valence-electron chi connectivity index (χ1n) is 12.2. The molecule has 3 N–H and O–H groups in total. The van der Waals surface area contributed by atoms with Gasteiger partial charge in [-0.05, 0) is 71.9 Å². The van der Waals surface area contributed by atoms with Gasteiger partial charge in [0.2, 0.25) is 0 Å². The van der Waals surface area contributed by atoms with Gasteiger partial charge in [-0.15, -0.1) is 0 Å². The van der Waals surface area contributed by atoms with Crippen molar-refractivity contribution in [2.24, 2.45) is 0 Å². The zero-order valence-electron chi connectivity index (χ0n) is 19.2. The third-order valence-electron chi connectivity index (χ3n) is 7.24. The molecule has 0 bridgehead atoms. The lowest BCUT2D eigenvalue weighted by Gasteiger charge is -2.26. The number of piperidine rings is 1. The zero-order valence-corrected chi connectivity index (χ0v) is 19.2. The predicted octanol–water partition coefficient (Wildman–Crippen LogP) is 5.22. The fourth-order valence-corrected chi connectivity index (χ4v) is 5.43. The second-order valence-corrected chi connectivity index (χ2v) is 9.49. The Balaban J connectivity index is 1.36. The van der Waals surface area contributed by atoms with Gasteiger partial charge in [-0.25, -0.2) is 0 Å². The average Bonchev–Trinajstić information content (AvgIpc) is 3.48. The van der Waals surface area contributed by atoms with E-state index < -0.39 is 0 Å². The minimum Gasteiger partial charge on any atom is -0.392 e. The Morgan fingerprint density at radius 2 is 1.62 bits per heavy atom. The summed E-state index contributed by atoms with van der Waals surface area (Å²) >= 11 is 0. The molecule has 0 radical (unpaired) electrons. The molecule has 3 heterocycles. The van der Waals surface area contributed by atoms with Crippen molar-refractivity contribution in [1.82, 2.24) is 15.2 Å². The molecule has 0 aliphatic carbocycles. The predicted molar refractivity (Wildman–Crippen MR) is 135 cm³/mol. The van der Waals surface area contributed by atoms with Crippen molar-refractivity contribution >= 4 is 16.8 Å². The van der Waals surface area contributed by atoms with Crippen molar-refractivity contribution in [1.29, 1.82) is 0 Å². The van der Waals surface area contributed by atoms with Crippen LogP contribution in [0.1, 0.15) is 46.3 Å². The summed E-state index contributed by atoms with van der Waals surface area (Å²) in [4.78, 5) is 19.0. The van der Waals surface area contributed by atoms with Crippen LogP contribution in [0.3, 0.4) is 0 Å². The van der Waals surface area contributed by atoms with Gasteiger partial charge >= 0.3 is 0 Å². The second kappa shape index (κ2) is 8.75. The highest BCUT2D eigenvalue weighted by molar-refractivity contribution is 6.07. The monoisotopic (exact) mass is 451 g/mol. The van der Waals surface area contributed by atoms with E-state index in [1.165, 1.54) is 43.3 Å². The van der Waals surface area contributed by atoms with E-state index in [0.717, 1.165) is 51.1 Å². The maximum Gasteiger partial charge on any atom is 0.252 e. The van der Waals surface area contributed by atoms with Crippen LogP contribution in [0.15, 0.2) is 60.7 Å². The quantitative estimate of drug-likeness (QED) is 0.390. The summed E-state index contributed by atoms with van der Waals surface area (Å²) in [5, 5.41) is 13.5. The molecule has 172 valence electrons. The standard InChI is InChI=1S/C29H29N3O2/c33-18-19-4-7-21(8-5-19)23-9-10-24(28-25(23)16-30-29(28)34)27-15-22-14-20(6-11-26(22)31-27)17-32-12-2-1-3-13-32/h4-11,14-15,31,33H,1-3,12-13,16-18H2,(H,30,34). The van der Waals surface area contributed by atoms with Gasteiger partial charge in [0.05, 0.1) is 12.2 Å². The molecule has 0 unspecified atom stereocenters. The van der Waals surface area contributed by atoms with Crippen molar-refractivity contribution in [3.8, 4) is 22.4 Å². The van der Waals surface area contributed by atoms with Crippen LogP contribution < -0.4 is 5.32 Å². The summed E-state index contributed by atoms with van der Waals surface area (Å²) in [5.74, 6) is -0.0247. The zero-order chi connectivity index (χ0) is 23.1. The third-order valence-corrected chi connectivity index (χ3v) is 7.24. The molecule has 0 spiro atoms. The number of aliphatic hydroxyl groups excluding tert-OH is 1. The van der Waals surface area contributed by atoms with Crippen LogP contribution in [0.2, 0.25) is 0 Å². The fourth-order valence-electron chi connectivity index (χ4n) is 5.43. The Bertz CT molecular complexity index is 1360. The maximum atomic E-state index is 12.9. The Morgan fingerprint density at radius 3 is 2.41 bits per heavy atom. The fraction of sp³-hybridized carbons (Fsp3) is 0.276. The number of likely N-dealkylation sites (tertiary alicyclic amines) is 1. The Kier molecular flexibility index (Phi) is 5.44. The van der Waals surface area contributed by atoms with Gasteiger partial charge in [-0.2, -0.15) is 0 Å². The van der Waals surface area contributed by atoms with Gasteiger partial charge in [0.25, 0.3) is 5.91 Å². The number of hydrogen-bond acceptors (Lipinski definition) is 3. The van der Waals surface area contributed by atoms with Crippen LogP contribution in [-0.4, -0.2) is 34.0 Å². The summed E-state index contributed by atoms with van der Waals surface area (Å²) in [6, 6.07) is 20.9. The summed E-state index contributed by atoms with van der Waals surface area (Å²) in [5.41, 5.74) is 9.11. The molecular weight excluding hydrogens is 422 g/mol. The highest BCUT2D eigenvalue weighted by atomic mass is 16.3. The summed E-state index contributed by atoms with van der Waals surface area (Å²) < 4.78 is 0. The number of H-pyrrole nitrogens is 1. The third kappa shape index (κ3) is 3.81. The van der Waals surface area contributed by atoms with Crippen molar-refractivity contribution in [2.75, 3.05) is 13.1 Å². The molecule has 34 heavy (non-hydrogen) atoms. The number of rotatable bonds is 5. The van der Waals surface area contributed by atoms with Crippen molar-refractivity contribution < 1.29 is 9.90 Å². The summed E-state index contributed by atoms with van der Waals surface area (Å²) in [6.07, 6.45) is 3.94. The molecule has 0 saturated carbocycles. The number of aliphatic hydroxyl groups is 1. The van der Waals surface area contributed by atoms with Crippen LogP contribution in [0, 0.1) is 0 Å². The minimum absolute atomic E-state index is 0.0247. The number of carbonyl (C=O) groups excluding carboxylic acids is 1. The molecule has 5 heteroatoms. The Hall–Kier alpha value is -3.41. The number of nitrogens with one attached hydrogen (secondary N) is 2. The lowest BCUT2D eigenvalue weighted by Crippen LogP contribution is -2.28. The summed E-state index contributed by atoms with van der Waals surface area (Å²) in [6.45, 7) is 3.92. The van der Waals surface area contributed by atoms with E-state index in [4.69, 9.17) is 0 Å². The number of aromatic nitrogens is 1. The van der Waals surface area contributed by atoms with Gasteiger partial charge in [-0.3, -0.25) is 9.69 Å². The van der Waals surface area contributed by atoms with E-state index in [1.807, 2.05) is 24.3 Å². The molecule has 1 amide bonds. The number of carbonyl (C=O) groups is 1. The van der Waals surface area contributed by atoms with E-state index >= 15 is 0 Å². The van der Waals surface area contributed by atoms with Crippen LogP contribution in [0.25, 0.3) is 33.3 Å². The Labute approximate surface area is 199 Å². The van der Waals surface area contributed by atoms with Gasteiger partial charge in [0.1, 0.15) is 0 Å². The normalized spacial score (nSPS) is 16.1. The molecule has 0 atom stereocenters. The van der Waals surface area contributed by atoms with E-state index in [0.29, 0.717) is 6.54 Å². The minimum atomic E-state index is -0.0247. The van der Waals surface area contributed by atoms with E-state index in [-0.39, 0.29) is 12.5 Å². The van der Waals surface area contributed by atoms with Crippen LogP contribution in [0.5, 0.6) is 0 Å². The van der Waals surface area contributed by atoms with Gasteiger partial charge in [0, 0.05) is 35.2 Å². The molecule has 1 saturated heterocycles. The lowest BCUT2D eigenvalue weighted by molar-refractivity contribution is 0.0966. The summed E-state index contributed by atoms with van der Waals surface area (Å²) in [7, 11) is 0. The smallest absolute Gasteiger partial charge is 0.252 e. The lowest BCUT2D eigenvalue weighted by atomic mass is 9.92. The first-order chi connectivity index (χ1) is 16.7. The molecule has 1 aromatic heterocycles. The average molecular weight is 452 g/mol. The van der Waals surface area contributed by atoms with E-state index in [2.05, 4.69) is 51.6 Å². The molecule has 6 rings (SSSR count). The molecule has 5 nitrogen and oxygen atoms in total. The molecular formula is C29H29N3O2.